The first kappa shape index (κ1) is 33.3. The second kappa shape index (κ2) is 17.7. The van der Waals surface area contributed by atoms with Crippen molar-refractivity contribution in [1.82, 2.24) is 19.4 Å². The second-order valence-electron chi connectivity index (χ2n) is 11.7. The largest absolute Gasteiger partial charge is 0.497 e. The minimum Gasteiger partial charge on any atom is -0.497 e. The van der Waals surface area contributed by atoms with Crippen molar-refractivity contribution in [3.63, 3.8) is 0 Å². The van der Waals surface area contributed by atoms with Crippen LogP contribution in [0.4, 0.5) is 0 Å². The van der Waals surface area contributed by atoms with Crippen molar-refractivity contribution in [3.05, 3.63) is 64.7 Å². The molecule has 1 heterocycles. The van der Waals surface area contributed by atoms with E-state index >= 15 is 0 Å². The fraction of sp³-hybridized carbons (Fsp3) is 0.571. The molecule has 0 radical (unpaired) electrons. The van der Waals surface area contributed by atoms with E-state index in [2.05, 4.69) is 11.8 Å². The van der Waals surface area contributed by atoms with Gasteiger partial charge < -0.3 is 14.5 Å². The monoisotopic (exact) mass is 576 g/mol. The van der Waals surface area contributed by atoms with E-state index in [1.165, 1.54) is 57.8 Å². The topological polar surface area (TPSA) is 67.7 Å². The summed E-state index contributed by atoms with van der Waals surface area (Å²) in [7, 11) is 5.65. The molecular formula is C35H52N4O3. The van der Waals surface area contributed by atoms with Crippen LogP contribution in [0.3, 0.4) is 0 Å². The Kier molecular flexibility index (Phi) is 14.0. The summed E-state index contributed by atoms with van der Waals surface area (Å²) < 4.78 is 7.00. The summed E-state index contributed by atoms with van der Waals surface area (Å²) in [5, 5.41) is 0.552. The predicted octanol–water partition coefficient (Wildman–Crippen LogP) is 7.55. The summed E-state index contributed by atoms with van der Waals surface area (Å²) in [6.45, 7) is 5.55. The Morgan fingerprint density at radius 1 is 0.857 bits per heavy atom. The Bertz CT molecular complexity index is 1290. The molecule has 3 rings (SSSR count). The number of likely N-dealkylation sites (N-methyl/N-ethyl adjacent to an activating group) is 1. The van der Waals surface area contributed by atoms with E-state index in [1.54, 1.807) is 17.7 Å². The van der Waals surface area contributed by atoms with Gasteiger partial charge in [-0.2, -0.15) is 0 Å². The van der Waals surface area contributed by atoms with Gasteiger partial charge in [0.25, 0.3) is 5.56 Å². The van der Waals surface area contributed by atoms with Crippen LogP contribution in [0.15, 0.2) is 53.3 Å². The van der Waals surface area contributed by atoms with Crippen molar-refractivity contribution in [1.29, 1.82) is 0 Å². The van der Waals surface area contributed by atoms with Crippen molar-refractivity contribution in [2.75, 3.05) is 34.3 Å². The predicted molar refractivity (Wildman–Crippen MR) is 174 cm³/mol. The first-order chi connectivity index (χ1) is 20.4. The molecule has 3 aromatic rings. The van der Waals surface area contributed by atoms with Crippen molar-refractivity contribution >= 4 is 16.8 Å². The summed E-state index contributed by atoms with van der Waals surface area (Å²) in [6, 6.07) is 14.4. The number of hydrogen-bond acceptors (Lipinski definition) is 5. The molecule has 7 heteroatoms. The first-order valence-corrected chi connectivity index (χ1v) is 16.0. The highest BCUT2D eigenvalue weighted by molar-refractivity contribution is 5.79. The zero-order valence-corrected chi connectivity index (χ0v) is 26.6. The average Bonchev–Trinajstić information content (AvgIpc) is 2.99. The number of rotatable bonds is 19. The van der Waals surface area contributed by atoms with Gasteiger partial charge in [-0.25, -0.2) is 4.98 Å². The van der Waals surface area contributed by atoms with E-state index in [1.807, 2.05) is 68.4 Å². The summed E-state index contributed by atoms with van der Waals surface area (Å²) >= 11 is 0. The molecule has 0 aliphatic rings. The molecule has 230 valence electrons. The quantitative estimate of drug-likeness (QED) is 0.138. The van der Waals surface area contributed by atoms with Gasteiger partial charge in [-0.05, 0) is 63.8 Å². The standard InChI is InChI=1S/C35H52N4O3/c1-6-7-8-9-10-11-12-13-14-15-16-21-33(40)38(27-26-37(3)4)28(2)34-36-32-20-18-17-19-31(32)35(41)39(34)29-22-24-30(42-5)25-23-29/h17-20,22-25,28H,6-16,21,26-27H2,1-5H3. The van der Waals surface area contributed by atoms with Gasteiger partial charge in [0.1, 0.15) is 11.6 Å². The zero-order valence-electron chi connectivity index (χ0n) is 26.6. The van der Waals surface area contributed by atoms with Crippen molar-refractivity contribution < 1.29 is 9.53 Å². The Morgan fingerprint density at radius 2 is 1.45 bits per heavy atom. The number of ether oxygens (including phenoxy) is 1. The van der Waals surface area contributed by atoms with Crippen LogP contribution in [-0.2, 0) is 4.79 Å². The summed E-state index contributed by atoms with van der Waals surface area (Å²) in [5.41, 5.74) is 1.20. The third-order valence-electron chi connectivity index (χ3n) is 8.08. The smallest absolute Gasteiger partial charge is 0.266 e. The number of para-hydroxylation sites is 1. The zero-order chi connectivity index (χ0) is 30.3. The van der Waals surface area contributed by atoms with E-state index in [-0.39, 0.29) is 17.5 Å². The Balaban J connectivity index is 1.75. The minimum absolute atomic E-state index is 0.115. The van der Waals surface area contributed by atoms with Gasteiger partial charge in [-0.1, -0.05) is 83.3 Å². The number of methoxy groups -OCH3 is 1. The van der Waals surface area contributed by atoms with Gasteiger partial charge in [-0.15, -0.1) is 0 Å². The van der Waals surface area contributed by atoms with Gasteiger partial charge >= 0.3 is 0 Å². The molecule has 1 amide bonds. The number of unbranched alkanes of at least 4 members (excludes halogenated alkanes) is 10. The molecule has 7 nitrogen and oxygen atoms in total. The Hall–Kier alpha value is -3.19. The maximum Gasteiger partial charge on any atom is 0.266 e. The van der Waals surface area contributed by atoms with Crippen molar-refractivity contribution in [2.45, 2.75) is 96.9 Å². The molecule has 0 bridgehead atoms. The van der Waals surface area contributed by atoms with E-state index in [0.717, 1.165) is 19.4 Å². The first-order valence-electron chi connectivity index (χ1n) is 16.0. The molecule has 0 aliphatic heterocycles. The molecule has 0 spiro atoms. The van der Waals surface area contributed by atoms with Crippen LogP contribution < -0.4 is 10.3 Å². The number of benzene rings is 2. The highest BCUT2D eigenvalue weighted by atomic mass is 16.5. The van der Waals surface area contributed by atoms with Crippen LogP contribution in [0.1, 0.15) is 103 Å². The minimum atomic E-state index is -0.385. The highest BCUT2D eigenvalue weighted by Gasteiger charge is 2.26. The lowest BCUT2D eigenvalue weighted by Gasteiger charge is -2.31. The van der Waals surface area contributed by atoms with E-state index in [4.69, 9.17) is 9.72 Å². The van der Waals surface area contributed by atoms with Crippen molar-refractivity contribution in [2.24, 2.45) is 0 Å². The fourth-order valence-corrected chi connectivity index (χ4v) is 5.48. The molecule has 1 unspecified atom stereocenters. The number of aromatic nitrogens is 2. The SMILES string of the molecule is CCCCCCCCCCCCCC(=O)N(CCN(C)C)C(C)c1nc2ccccc2c(=O)n1-c1ccc(OC)cc1. The van der Waals surface area contributed by atoms with Gasteiger partial charge in [0.05, 0.1) is 29.7 Å². The van der Waals surface area contributed by atoms with Gasteiger partial charge in [0, 0.05) is 19.5 Å². The molecule has 2 aromatic carbocycles. The van der Waals surface area contributed by atoms with E-state index in [0.29, 0.717) is 41.1 Å². The summed E-state index contributed by atoms with van der Waals surface area (Å²) in [6.07, 6.45) is 14.2. The normalized spacial score (nSPS) is 12.1. The Labute approximate surface area is 252 Å². The molecule has 42 heavy (non-hydrogen) atoms. The third-order valence-corrected chi connectivity index (χ3v) is 8.08. The number of nitrogens with zero attached hydrogens (tertiary/aromatic N) is 4. The fourth-order valence-electron chi connectivity index (χ4n) is 5.48. The number of fused-ring (bicyclic) bond motifs is 1. The third kappa shape index (κ3) is 9.69. The molecule has 0 saturated heterocycles. The van der Waals surface area contributed by atoms with Crippen LogP contribution in [0.5, 0.6) is 5.75 Å². The molecule has 1 aromatic heterocycles. The molecule has 0 fully saturated rings. The molecular weight excluding hydrogens is 524 g/mol. The van der Waals surface area contributed by atoms with Crippen LogP contribution in [0.2, 0.25) is 0 Å². The molecule has 0 N–H and O–H groups in total. The second-order valence-corrected chi connectivity index (χ2v) is 11.7. The maximum absolute atomic E-state index is 13.8. The lowest BCUT2D eigenvalue weighted by Crippen LogP contribution is -2.40. The van der Waals surface area contributed by atoms with Gasteiger partial charge in [0.2, 0.25) is 5.91 Å². The lowest BCUT2D eigenvalue weighted by atomic mass is 10.0. The number of carbonyl (C=O) groups is 1. The van der Waals surface area contributed by atoms with E-state index < -0.39 is 0 Å². The van der Waals surface area contributed by atoms with Gasteiger partial charge in [-0.3, -0.25) is 14.2 Å². The van der Waals surface area contributed by atoms with Crippen LogP contribution in [-0.4, -0.2) is 59.6 Å². The van der Waals surface area contributed by atoms with Gasteiger partial charge in [0.15, 0.2) is 0 Å². The lowest BCUT2D eigenvalue weighted by molar-refractivity contribution is -0.133. The Morgan fingerprint density at radius 3 is 2.05 bits per heavy atom. The molecule has 1 atom stereocenters. The summed E-state index contributed by atoms with van der Waals surface area (Å²) in [5.74, 6) is 1.39. The van der Waals surface area contributed by atoms with Crippen LogP contribution in [0.25, 0.3) is 16.6 Å². The van der Waals surface area contributed by atoms with Crippen LogP contribution in [0, 0.1) is 0 Å². The average molecular weight is 577 g/mol. The maximum atomic E-state index is 13.8. The van der Waals surface area contributed by atoms with E-state index in [9.17, 15) is 9.59 Å². The highest BCUT2D eigenvalue weighted by Crippen LogP contribution is 2.25. The number of hydrogen-bond donors (Lipinski definition) is 0. The number of amides is 1. The molecule has 0 aliphatic carbocycles. The van der Waals surface area contributed by atoms with Crippen molar-refractivity contribution in [3.8, 4) is 11.4 Å². The number of carbonyl (C=O) groups excluding carboxylic acids is 1. The molecule has 0 saturated carbocycles. The summed E-state index contributed by atoms with van der Waals surface area (Å²) in [4.78, 5) is 36.5. The van der Waals surface area contributed by atoms with Crippen LogP contribution >= 0.6 is 0 Å².